The van der Waals surface area contributed by atoms with E-state index in [0.29, 0.717) is 6.04 Å². The van der Waals surface area contributed by atoms with Crippen LogP contribution >= 0.6 is 11.6 Å². The van der Waals surface area contributed by atoms with Crippen molar-refractivity contribution in [2.45, 2.75) is 25.8 Å². The largest absolute Gasteiger partial charge is 0.369 e. The number of benzene rings is 1. The Morgan fingerprint density at radius 1 is 1.24 bits per heavy atom. The van der Waals surface area contributed by atoms with Gasteiger partial charge >= 0.3 is 0 Å². The fourth-order valence-electron chi connectivity index (χ4n) is 2.59. The molecule has 2 rings (SSSR count). The molecule has 94 valence electrons. The van der Waals surface area contributed by atoms with Gasteiger partial charge in [0.05, 0.1) is 0 Å². The highest BCUT2D eigenvalue weighted by molar-refractivity contribution is 6.30. The maximum Gasteiger partial charge on any atom is 0.0407 e. The first-order chi connectivity index (χ1) is 8.20. The van der Waals surface area contributed by atoms with Gasteiger partial charge in [0.15, 0.2) is 0 Å². The molecule has 0 aromatic heterocycles. The molecule has 0 unspecified atom stereocenters. The number of halogens is 1. The molecule has 1 aromatic rings. The van der Waals surface area contributed by atoms with Crippen molar-refractivity contribution in [3.05, 3.63) is 29.3 Å². The Kier molecular flexibility index (Phi) is 4.30. The van der Waals surface area contributed by atoms with Gasteiger partial charge in [0, 0.05) is 23.3 Å². The monoisotopic (exact) mass is 252 g/mol. The van der Waals surface area contributed by atoms with Crippen LogP contribution in [0.15, 0.2) is 24.3 Å². The van der Waals surface area contributed by atoms with Crippen LogP contribution in [0.5, 0.6) is 0 Å². The lowest BCUT2D eigenvalue weighted by Crippen LogP contribution is -2.43. The number of nitrogens with zero attached hydrogens (tertiary/aromatic N) is 2. The van der Waals surface area contributed by atoms with Crippen LogP contribution in [0, 0.1) is 0 Å². The van der Waals surface area contributed by atoms with Gasteiger partial charge in [-0.3, -0.25) is 0 Å². The third-order valence-corrected chi connectivity index (χ3v) is 3.88. The Morgan fingerprint density at radius 2 is 1.82 bits per heavy atom. The predicted molar refractivity (Wildman–Crippen MR) is 75.0 cm³/mol. The van der Waals surface area contributed by atoms with Gasteiger partial charge in [0.25, 0.3) is 0 Å². The van der Waals surface area contributed by atoms with Gasteiger partial charge in [0.2, 0.25) is 0 Å². The predicted octanol–water partition coefficient (Wildman–Crippen LogP) is 3.26. The molecular weight excluding hydrogens is 232 g/mol. The van der Waals surface area contributed by atoms with Gasteiger partial charge in [-0.15, -0.1) is 0 Å². The summed E-state index contributed by atoms with van der Waals surface area (Å²) in [5.74, 6) is 0. The highest BCUT2D eigenvalue weighted by Crippen LogP contribution is 2.24. The van der Waals surface area contributed by atoms with Crippen LogP contribution in [0.2, 0.25) is 5.02 Å². The van der Waals surface area contributed by atoms with Crippen molar-refractivity contribution < 1.29 is 0 Å². The standard InChI is InChI=1S/C14H21ClN2/c1-3-17(13-6-4-12(15)5-7-13)14-8-10-16(2)11-9-14/h4-7,14H,3,8-11H2,1-2H3. The molecule has 0 amide bonds. The molecule has 2 nitrogen and oxygen atoms in total. The van der Waals surface area contributed by atoms with Crippen molar-refractivity contribution in [2.75, 3.05) is 31.6 Å². The summed E-state index contributed by atoms with van der Waals surface area (Å²) in [7, 11) is 2.20. The van der Waals surface area contributed by atoms with Gasteiger partial charge in [-0.2, -0.15) is 0 Å². The van der Waals surface area contributed by atoms with E-state index < -0.39 is 0 Å². The molecule has 1 fully saturated rings. The summed E-state index contributed by atoms with van der Waals surface area (Å²) in [5.41, 5.74) is 1.30. The Balaban J connectivity index is 2.08. The Morgan fingerprint density at radius 3 is 2.35 bits per heavy atom. The molecule has 0 aliphatic carbocycles. The summed E-state index contributed by atoms with van der Waals surface area (Å²) in [6.45, 7) is 5.70. The van der Waals surface area contributed by atoms with Crippen LogP contribution < -0.4 is 4.90 Å². The summed E-state index contributed by atoms with van der Waals surface area (Å²) in [4.78, 5) is 4.91. The van der Waals surface area contributed by atoms with Gasteiger partial charge in [0.1, 0.15) is 0 Å². The van der Waals surface area contributed by atoms with Crippen LogP contribution in [0.1, 0.15) is 19.8 Å². The second-order valence-corrected chi connectivity index (χ2v) is 5.23. The Hall–Kier alpha value is -0.730. The van der Waals surface area contributed by atoms with Crippen LogP contribution in [0.3, 0.4) is 0 Å². The topological polar surface area (TPSA) is 6.48 Å². The highest BCUT2D eigenvalue weighted by Gasteiger charge is 2.22. The van der Waals surface area contributed by atoms with Gasteiger partial charge in [-0.1, -0.05) is 11.6 Å². The Labute approximate surface area is 109 Å². The maximum absolute atomic E-state index is 5.94. The summed E-state index contributed by atoms with van der Waals surface area (Å²) in [6.07, 6.45) is 2.51. The van der Waals surface area contributed by atoms with Crippen molar-refractivity contribution in [2.24, 2.45) is 0 Å². The first kappa shape index (κ1) is 12.7. The lowest BCUT2D eigenvalue weighted by Gasteiger charge is -2.38. The van der Waals surface area contributed by atoms with Crippen molar-refractivity contribution >= 4 is 17.3 Å². The first-order valence-corrected chi connectivity index (χ1v) is 6.79. The molecule has 0 atom stereocenters. The fourth-order valence-corrected chi connectivity index (χ4v) is 2.72. The van der Waals surface area contributed by atoms with Gasteiger partial charge in [-0.25, -0.2) is 0 Å². The zero-order valence-electron chi connectivity index (χ0n) is 10.7. The maximum atomic E-state index is 5.94. The van der Waals surface area contributed by atoms with E-state index in [2.05, 4.69) is 35.9 Å². The third-order valence-electron chi connectivity index (χ3n) is 3.63. The summed E-state index contributed by atoms with van der Waals surface area (Å²) < 4.78 is 0. The number of anilines is 1. The van der Waals surface area contributed by atoms with Crippen LogP contribution in [0.25, 0.3) is 0 Å². The highest BCUT2D eigenvalue weighted by atomic mass is 35.5. The van der Waals surface area contributed by atoms with E-state index in [-0.39, 0.29) is 0 Å². The molecule has 0 saturated carbocycles. The lowest BCUT2D eigenvalue weighted by atomic mass is 10.0. The molecule has 17 heavy (non-hydrogen) atoms. The molecule has 1 saturated heterocycles. The molecule has 0 spiro atoms. The minimum absolute atomic E-state index is 0.678. The molecule has 0 radical (unpaired) electrons. The van der Waals surface area contributed by atoms with Gasteiger partial charge < -0.3 is 9.80 Å². The van der Waals surface area contributed by atoms with E-state index in [4.69, 9.17) is 11.6 Å². The summed E-state index contributed by atoms with van der Waals surface area (Å²) in [5, 5.41) is 0.813. The second-order valence-electron chi connectivity index (χ2n) is 4.80. The quantitative estimate of drug-likeness (QED) is 0.815. The molecule has 1 aliphatic rings. The minimum Gasteiger partial charge on any atom is -0.369 e. The van der Waals surface area contributed by atoms with E-state index >= 15 is 0 Å². The SMILES string of the molecule is CCN(c1ccc(Cl)cc1)C1CCN(C)CC1. The number of piperidine rings is 1. The summed E-state index contributed by atoms with van der Waals surface area (Å²) >= 11 is 5.94. The van der Waals surface area contributed by atoms with E-state index in [1.54, 1.807) is 0 Å². The van der Waals surface area contributed by atoms with Crippen molar-refractivity contribution in [3.8, 4) is 0 Å². The van der Waals surface area contributed by atoms with E-state index in [9.17, 15) is 0 Å². The summed E-state index contributed by atoms with van der Waals surface area (Å²) in [6, 6.07) is 8.90. The van der Waals surface area contributed by atoms with Crippen LogP contribution in [-0.2, 0) is 0 Å². The number of rotatable bonds is 3. The molecule has 1 aliphatic heterocycles. The van der Waals surface area contributed by atoms with Crippen LogP contribution in [-0.4, -0.2) is 37.6 Å². The van der Waals surface area contributed by atoms with E-state index in [1.807, 2.05) is 12.1 Å². The minimum atomic E-state index is 0.678. The normalized spacial score (nSPS) is 18.3. The van der Waals surface area contributed by atoms with Crippen molar-refractivity contribution in [3.63, 3.8) is 0 Å². The molecule has 0 bridgehead atoms. The van der Waals surface area contributed by atoms with E-state index in [0.717, 1.165) is 11.6 Å². The molecule has 1 heterocycles. The fraction of sp³-hybridized carbons (Fsp3) is 0.571. The second kappa shape index (κ2) is 5.74. The average molecular weight is 253 g/mol. The molecule has 0 N–H and O–H groups in total. The number of likely N-dealkylation sites (tertiary alicyclic amines) is 1. The van der Waals surface area contributed by atoms with Crippen molar-refractivity contribution in [1.29, 1.82) is 0 Å². The number of hydrogen-bond acceptors (Lipinski definition) is 2. The smallest absolute Gasteiger partial charge is 0.0407 e. The van der Waals surface area contributed by atoms with Crippen LogP contribution in [0.4, 0.5) is 5.69 Å². The molecule has 3 heteroatoms. The molecular formula is C14H21ClN2. The Bertz CT molecular complexity index is 342. The number of hydrogen-bond donors (Lipinski definition) is 0. The molecule has 1 aromatic carbocycles. The zero-order chi connectivity index (χ0) is 12.3. The first-order valence-electron chi connectivity index (χ1n) is 6.41. The van der Waals surface area contributed by atoms with E-state index in [1.165, 1.54) is 31.6 Å². The lowest BCUT2D eigenvalue weighted by molar-refractivity contribution is 0.250. The zero-order valence-corrected chi connectivity index (χ0v) is 11.5. The van der Waals surface area contributed by atoms with Crippen molar-refractivity contribution in [1.82, 2.24) is 4.90 Å². The average Bonchev–Trinajstić information content (AvgIpc) is 2.35. The third kappa shape index (κ3) is 3.14. The van der Waals surface area contributed by atoms with Gasteiger partial charge in [-0.05, 0) is 64.2 Å².